The number of pyridine rings is 1. The first-order valence-electron chi connectivity index (χ1n) is 9.92. The van der Waals surface area contributed by atoms with Gasteiger partial charge in [-0.3, -0.25) is 14.2 Å². The van der Waals surface area contributed by atoms with Crippen molar-refractivity contribution in [3.63, 3.8) is 0 Å². The molecule has 160 valence electrons. The third-order valence-electron chi connectivity index (χ3n) is 4.75. The van der Waals surface area contributed by atoms with Crippen LogP contribution in [0, 0.1) is 0 Å². The van der Waals surface area contributed by atoms with Gasteiger partial charge in [0.15, 0.2) is 11.0 Å². The number of benzene rings is 1. The van der Waals surface area contributed by atoms with Crippen molar-refractivity contribution in [2.45, 2.75) is 31.0 Å². The molecule has 0 aliphatic carbocycles. The number of aromatic nitrogens is 4. The summed E-state index contributed by atoms with van der Waals surface area (Å²) in [4.78, 5) is 30.5. The third kappa shape index (κ3) is 5.42. The lowest BCUT2D eigenvalue weighted by molar-refractivity contribution is -0.128. The molecule has 2 amide bonds. The second-order valence-electron chi connectivity index (χ2n) is 7.00. The second-order valence-corrected chi connectivity index (χ2v) is 8.50. The Kier molecular flexibility index (Phi) is 6.83. The number of thioether (sulfide) groups is 1. The maximum atomic E-state index is 12.3. The molecule has 0 bridgehead atoms. The minimum atomic E-state index is -0.110. The van der Waals surface area contributed by atoms with E-state index in [2.05, 4.69) is 20.5 Å². The van der Waals surface area contributed by atoms with Gasteiger partial charge in [0.2, 0.25) is 11.8 Å². The number of halogens is 1. The van der Waals surface area contributed by atoms with Gasteiger partial charge in [0.25, 0.3) is 0 Å². The van der Waals surface area contributed by atoms with Gasteiger partial charge in [-0.2, -0.15) is 0 Å². The Morgan fingerprint density at radius 3 is 2.84 bits per heavy atom. The number of anilines is 1. The number of nitrogens with zero attached hydrogens (tertiary/aromatic N) is 5. The lowest BCUT2D eigenvalue weighted by Crippen LogP contribution is -2.25. The van der Waals surface area contributed by atoms with Crippen molar-refractivity contribution >= 4 is 40.9 Å². The van der Waals surface area contributed by atoms with Gasteiger partial charge in [-0.25, -0.2) is 4.98 Å². The number of hydrogen-bond donors (Lipinski definition) is 1. The highest BCUT2D eigenvalue weighted by atomic mass is 35.5. The number of carbonyl (C=O) groups excluding carboxylic acids is 2. The van der Waals surface area contributed by atoms with Crippen LogP contribution < -0.4 is 5.32 Å². The van der Waals surface area contributed by atoms with Crippen LogP contribution in [0.4, 0.5) is 5.69 Å². The van der Waals surface area contributed by atoms with Crippen LogP contribution in [0.3, 0.4) is 0 Å². The Bertz CT molecular complexity index is 1070. The van der Waals surface area contributed by atoms with Crippen molar-refractivity contribution in [2.24, 2.45) is 0 Å². The van der Waals surface area contributed by atoms with Crippen molar-refractivity contribution in [3.8, 4) is 5.82 Å². The van der Waals surface area contributed by atoms with Gasteiger partial charge in [0, 0.05) is 42.0 Å². The van der Waals surface area contributed by atoms with E-state index in [1.54, 1.807) is 35.4 Å². The zero-order valence-electron chi connectivity index (χ0n) is 16.7. The topological polar surface area (TPSA) is 93.0 Å². The summed E-state index contributed by atoms with van der Waals surface area (Å²) in [7, 11) is 0. The minimum Gasteiger partial charge on any atom is -0.335 e. The summed E-state index contributed by atoms with van der Waals surface area (Å²) in [6.07, 6.45) is 3.43. The van der Waals surface area contributed by atoms with Gasteiger partial charge >= 0.3 is 0 Å². The molecule has 1 aliphatic heterocycles. The molecule has 3 aromatic rings. The molecule has 1 aliphatic rings. The average molecular weight is 457 g/mol. The lowest BCUT2D eigenvalue weighted by atomic mass is 10.3. The van der Waals surface area contributed by atoms with E-state index in [-0.39, 0.29) is 11.8 Å². The lowest BCUT2D eigenvalue weighted by Gasteiger charge is -2.16. The molecule has 0 saturated carbocycles. The highest BCUT2D eigenvalue weighted by Crippen LogP contribution is 2.24. The first kappa shape index (κ1) is 21.3. The van der Waals surface area contributed by atoms with E-state index < -0.39 is 0 Å². The second kappa shape index (κ2) is 9.93. The predicted octanol–water partition coefficient (Wildman–Crippen LogP) is 3.56. The molecule has 0 radical (unpaired) electrons. The van der Waals surface area contributed by atoms with E-state index in [0.717, 1.165) is 13.0 Å². The molecule has 10 heteroatoms. The van der Waals surface area contributed by atoms with E-state index in [1.807, 2.05) is 22.8 Å². The summed E-state index contributed by atoms with van der Waals surface area (Å²) < 4.78 is 1.85. The van der Waals surface area contributed by atoms with Gasteiger partial charge < -0.3 is 10.2 Å². The van der Waals surface area contributed by atoms with E-state index in [9.17, 15) is 9.59 Å². The molecular weight excluding hydrogens is 436 g/mol. The molecule has 1 N–H and O–H groups in total. The SMILES string of the molecule is O=C(CCSc1nnc(CN2CCCC2=O)n1-c1ccccn1)Nc1cccc(Cl)c1. The number of likely N-dealkylation sites (tertiary alicyclic amines) is 1. The van der Waals surface area contributed by atoms with Crippen molar-refractivity contribution in [3.05, 3.63) is 59.5 Å². The van der Waals surface area contributed by atoms with Crippen molar-refractivity contribution in [1.29, 1.82) is 0 Å². The quantitative estimate of drug-likeness (QED) is 0.521. The average Bonchev–Trinajstić information content (AvgIpc) is 3.35. The Morgan fingerprint density at radius 1 is 1.19 bits per heavy atom. The number of carbonyl (C=O) groups is 2. The maximum Gasteiger partial charge on any atom is 0.225 e. The molecule has 31 heavy (non-hydrogen) atoms. The van der Waals surface area contributed by atoms with E-state index in [0.29, 0.717) is 52.6 Å². The molecule has 8 nitrogen and oxygen atoms in total. The summed E-state index contributed by atoms with van der Waals surface area (Å²) in [6, 6.07) is 12.6. The molecule has 1 aromatic carbocycles. The first-order valence-corrected chi connectivity index (χ1v) is 11.3. The summed E-state index contributed by atoms with van der Waals surface area (Å²) in [6.45, 7) is 1.11. The Hall–Kier alpha value is -2.91. The molecule has 0 spiro atoms. The van der Waals surface area contributed by atoms with Crippen LogP contribution in [0.2, 0.25) is 5.02 Å². The highest BCUT2D eigenvalue weighted by molar-refractivity contribution is 7.99. The van der Waals surface area contributed by atoms with Crippen molar-refractivity contribution in [2.75, 3.05) is 17.6 Å². The molecule has 4 rings (SSSR count). The van der Waals surface area contributed by atoms with Crippen LogP contribution in [-0.4, -0.2) is 48.8 Å². The normalized spacial score (nSPS) is 13.6. The fourth-order valence-electron chi connectivity index (χ4n) is 3.28. The summed E-state index contributed by atoms with van der Waals surface area (Å²) >= 11 is 7.38. The van der Waals surface area contributed by atoms with Crippen LogP contribution in [0.5, 0.6) is 0 Å². The van der Waals surface area contributed by atoms with Gasteiger partial charge in [-0.1, -0.05) is 35.5 Å². The zero-order valence-corrected chi connectivity index (χ0v) is 18.3. The molecule has 3 heterocycles. The summed E-state index contributed by atoms with van der Waals surface area (Å²) in [5, 5.41) is 12.7. The molecule has 1 saturated heterocycles. The van der Waals surface area contributed by atoms with Crippen LogP contribution in [0.1, 0.15) is 25.1 Å². The molecule has 0 unspecified atom stereocenters. The third-order valence-corrected chi connectivity index (χ3v) is 5.92. The monoisotopic (exact) mass is 456 g/mol. The van der Waals surface area contributed by atoms with Crippen LogP contribution in [0.25, 0.3) is 5.82 Å². The first-order chi connectivity index (χ1) is 15.1. The largest absolute Gasteiger partial charge is 0.335 e. The predicted molar refractivity (Wildman–Crippen MR) is 119 cm³/mol. The number of hydrogen-bond acceptors (Lipinski definition) is 6. The van der Waals surface area contributed by atoms with Crippen LogP contribution in [-0.2, 0) is 16.1 Å². The van der Waals surface area contributed by atoms with E-state index >= 15 is 0 Å². The van der Waals surface area contributed by atoms with Gasteiger partial charge in [0.1, 0.15) is 5.82 Å². The number of nitrogens with one attached hydrogen (secondary N) is 1. The Balaban J connectivity index is 1.44. The maximum absolute atomic E-state index is 12.3. The minimum absolute atomic E-state index is 0.110. The van der Waals surface area contributed by atoms with E-state index in [4.69, 9.17) is 11.6 Å². The molecular formula is C21H21ClN6O2S. The van der Waals surface area contributed by atoms with Crippen molar-refractivity contribution in [1.82, 2.24) is 24.6 Å². The summed E-state index contributed by atoms with van der Waals surface area (Å²) in [5.41, 5.74) is 0.664. The Labute approximate surface area is 189 Å². The van der Waals surface area contributed by atoms with Gasteiger partial charge in [0.05, 0.1) is 6.54 Å². The zero-order chi connectivity index (χ0) is 21.6. The van der Waals surface area contributed by atoms with Crippen molar-refractivity contribution < 1.29 is 9.59 Å². The fraction of sp³-hybridized carbons (Fsp3) is 0.286. The van der Waals surface area contributed by atoms with Crippen LogP contribution >= 0.6 is 23.4 Å². The summed E-state index contributed by atoms with van der Waals surface area (Å²) in [5.74, 6) is 1.86. The van der Waals surface area contributed by atoms with E-state index in [1.165, 1.54) is 11.8 Å². The smallest absolute Gasteiger partial charge is 0.225 e. The standard InChI is InChI=1S/C21H21ClN6O2S/c22-15-5-3-6-16(13-15)24-19(29)9-12-31-21-26-25-18(14-27-11-4-8-20(27)30)28(21)17-7-1-2-10-23-17/h1-3,5-7,10,13H,4,8-9,11-12,14H2,(H,24,29). The molecule has 0 atom stereocenters. The number of amides is 2. The van der Waals surface area contributed by atoms with Gasteiger partial charge in [-0.05, 0) is 36.8 Å². The fourth-order valence-corrected chi connectivity index (χ4v) is 4.37. The Morgan fingerprint density at radius 2 is 2.10 bits per heavy atom. The van der Waals surface area contributed by atoms with Crippen LogP contribution in [0.15, 0.2) is 53.8 Å². The van der Waals surface area contributed by atoms with Gasteiger partial charge in [-0.15, -0.1) is 10.2 Å². The molecule has 2 aromatic heterocycles. The molecule has 1 fully saturated rings. The number of rotatable bonds is 8. The highest BCUT2D eigenvalue weighted by Gasteiger charge is 2.24.